The van der Waals surface area contributed by atoms with Gasteiger partial charge in [0.2, 0.25) is 5.91 Å². The summed E-state index contributed by atoms with van der Waals surface area (Å²) in [4.78, 5) is 29.1. The second-order valence-corrected chi connectivity index (χ2v) is 22.9. The first-order valence-electron chi connectivity index (χ1n) is 29.4. The van der Waals surface area contributed by atoms with Crippen LogP contribution >= 0.6 is 0 Å². The highest BCUT2D eigenvalue weighted by Crippen LogP contribution is 2.21. The van der Waals surface area contributed by atoms with Crippen molar-refractivity contribution in [3.05, 3.63) is 134 Å². The Morgan fingerprint density at radius 2 is 1.04 bits per heavy atom. The molecule has 0 aromatic heterocycles. The second kappa shape index (κ2) is 47.2. The minimum atomic E-state index is -4.95. The number of ketones is 1. The summed E-state index contributed by atoms with van der Waals surface area (Å²) in [5.74, 6) is -2.71. The fourth-order valence-electron chi connectivity index (χ4n) is 8.27. The second-order valence-electron chi connectivity index (χ2n) is 21.8. The molecule has 1 amide bonds. The van der Waals surface area contributed by atoms with Crippen LogP contribution < -0.4 is 16.8 Å². The van der Waals surface area contributed by atoms with Gasteiger partial charge in [0.05, 0.1) is 79.3 Å². The summed E-state index contributed by atoms with van der Waals surface area (Å²) in [5, 5.41) is 117. The molecule has 0 saturated heterocycles. The monoisotopic (exact) mass is 1220 g/mol. The maximum absolute atomic E-state index is 13.1. The van der Waals surface area contributed by atoms with Crippen molar-refractivity contribution >= 4 is 28.0 Å². The number of aliphatic imine (C=N–C) groups is 1. The fourth-order valence-corrected chi connectivity index (χ4v) is 8.83. The maximum Gasteiger partial charge on any atom is 0.397 e. The van der Waals surface area contributed by atoms with E-state index < -0.39 is 114 Å². The van der Waals surface area contributed by atoms with E-state index >= 15 is 0 Å². The highest BCUT2D eigenvalue weighted by molar-refractivity contribution is 7.80. The van der Waals surface area contributed by atoms with Crippen molar-refractivity contribution in [1.82, 2.24) is 5.32 Å². The van der Waals surface area contributed by atoms with E-state index in [9.17, 15) is 78.7 Å². The van der Waals surface area contributed by atoms with Crippen molar-refractivity contribution in [1.29, 1.82) is 0 Å². The fraction of sp³-hybridized carbons (Fsp3) is 0.603. The number of guanidine groups is 1. The van der Waals surface area contributed by atoms with Crippen LogP contribution in [0.5, 0.6) is 0 Å². The van der Waals surface area contributed by atoms with Crippen LogP contribution in [0.25, 0.3) is 0 Å². The minimum Gasteiger partial charge on any atom is -0.393 e. The minimum absolute atomic E-state index is 0.000467. The van der Waals surface area contributed by atoms with Gasteiger partial charge in [-0.1, -0.05) is 168 Å². The molecule has 0 aliphatic heterocycles. The van der Waals surface area contributed by atoms with E-state index in [0.29, 0.717) is 12.8 Å². The summed E-state index contributed by atoms with van der Waals surface area (Å²) in [7, 11) is -4.95. The van der Waals surface area contributed by atoms with Gasteiger partial charge in [0.15, 0.2) is 5.96 Å². The number of unbranched alkanes of at least 4 members (excludes halogenated alkanes) is 1. The lowest BCUT2D eigenvalue weighted by Crippen LogP contribution is -2.48. The summed E-state index contributed by atoms with van der Waals surface area (Å²) < 4.78 is 37.4. The third-order valence-electron chi connectivity index (χ3n) is 13.5. The molecule has 0 fully saturated rings. The third-order valence-corrected chi connectivity index (χ3v) is 14.0. The van der Waals surface area contributed by atoms with Crippen molar-refractivity contribution in [2.75, 3.05) is 6.54 Å². The number of aliphatic hydroxyl groups is 11. The first-order chi connectivity index (χ1) is 40.1. The van der Waals surface area contributed by atoms with Gasteiger partial charge in [-0.15, -0.1) is 0 Å². The van der Waals surface area contributed by atoms with E-state index in [1.54, 1.807) is 99.8 Å². The van der Waals surface area contributed by atoms with Crippen LogP contribution in [-0.2, 0) is 24.2 Å². The van der Waals surface area contributed by atoms with Gasteiger partial charge in [0.1, 0.15) is 5.78 Å². The number of hydrogen-bond acceptors (Lipinski definition) is 18. The van der Waals surface area contributed by atoms with Gasteiger partial charge in [-0.3, -0.25) is 24.5 Å². The van der Waals surface area contributed by atoms with Crippen LogP contribution in [0.15, 0.2) is 139 Å². The van der Waals surface area contributed by atoms with E-state index in [4.69, 9.17) is 15.7 Å². The average Bonchev–Trinajstić information content (AvgIpc) is 3.51. The molecule has 0 aliphatic carbocycles. The molecule has 0 rings (SSSR count). The number of aliphatic hydroxyl groups excluding tert-OH is 11. The topological polar surface area (TPSA) is 397 Å². The molecule has 0 radical (unpaired) electrons. The summed E-state index contributed by atoms with van der Waals surface area (Å²) in [5.41, 5.74) is 11.5. The molecular weight excluding hydrogens is 1120 g/mol. The van der Waals surface area contributed by atoms with Crippen LogP contribution in [0.1, 0.15) is 131 Å². The lowest BCUT2D eigenvalue weighted by Gasteiger charge is -2.25. The highest BCUT2D eigenvalue weighted by atomic mass is 32.3. The highest BCUT2D eigenvalue weighted by Gasteiger charge is 2.30. The molecule has 17 N–H and O–H groups in total. The molecule has 0 aromatic carbocycles. The summed E-state index contributed by atoms with van der Waals surface area (Å²) in [6.45, 7) is 11.0. The summed E-state index contributed by atoms with van der Waals surface area (Å²) in [6, 6.07) is -0.721. The predicted octanol–water partition coefficient (Wildman–Crippen LogP) is 4.64. The SMILES string of the molecule is CC=CCCC=CC(C)C(O)C(C)C(O)C=CC=CC=CC=CC=CC=CCC(OS(=O)(=O)O)C(C)C(=O)CC(O)CC(O)C=CCC(O)CC(O)CC(O)C=CCC(O)CC(O)C=CCC(O)CC(O)CCCN=C(N)NC(=O)C(N)C(C)C. The largest absolute Gasteiger partial charge is 0.397 e. The van der Waals surface area contributed by atoms with Crippen molar-refractivity contribution in [3.8, 4) is 0 Å². The molecule has 21 nitrogen and oxygen atoms in total. The van der Waals surface area contributed by atoms with Gasteiger partial charge in [-0.05, 0) is 77.0 Å². The zero-order chi connectivity index (χ0) is 64.3. The Morgan fingerprint density at radius 3 is 1.55 bits per heavy atom. The quantitative estimate of drug-likeness (QED) is 0.00986. The molecule has 0 aromatic rings. The van der Waals surface area contributed by atoms with E-state index in [0.717, 1.165) is 12.8 Å². The van der Waals surface area contributed by atoms with Crippen LogP contribution in [0, 0.1) is 23.7 Å². The molecule has 22 heteroatoms. The van der Waals surface area contributed by atoms with Gasteiger partial charge in [0, 0.05) is 50.0 Å². The Morgan fingerprint density at radius 1 is 0.565 bits per heavy atom. The molecule has 484 valence electrons. The van der Waals surface area contributed by atoms with Gasteiger partial charge >= 0.3 is 10.4 Å². The van der Waals surface area contributed by atoms with Gasteiger partial charge in [-0.25, -0.2) is 4.18 Å². The summed E-state index contributed by atoms with van der Waals surface area (Å²) in [6.07, 6.45) is 26.5. The van der Waals surface area contributed by atoms with Gasteiger partial charge < -0.3 is 67.6 Å². The van der Waals surface area contributed by atoms with Crippen molar-refractivity contribution in [2.45, 2.75) is 211 Å². The number of rotatable bonds is 46. The van der Waals surface area contributed by atoms with Crippen molar-refractivity contribution < 1.29 is 82.9 Å². The predicted molar refractivity (Wildman–Crippen MR) is 333 cm³/mol. The number of carbonyl (C=O) groups excluding carboxylic acids is 2. The van der Waals surface area contributed by atoms with E-state index in [2.05, 4.69) is 16.4 Å². The van der Waals surface area contributed by atoms with Crippen LogP contribution in [0.4, 0.5) is 0 Å². The van der Waals surface area contributed by atoms with E-state index in [1.165, 1.54) is 37.3 Å². The normalized spacial score (nSPS) is 19.4. The lowest BCUT2D eigenvalue weighted by atomic mass is 9.88. The number of hydrogen-bond donors (Lipinski definition) is 15. The number of carbonyl (C=O) groups is 2. The standard InChI is InChI=1S/C63H104N4O17S/c1-7-8-9-17-20-27-45(4)61(79)47(6)57(77)35-21-18-15-13-11-10-12-14-16-19-22-36-59(84-85(81,82)83)46(5)58(78)43-56(76)42-53(73)33-25-32-52(72)41-55(75)40-51(71)31-24-30-49(69)38-48(68)28-23-29-50(70)39-54(74)34-26-37-66-63(65)67-62(80)60(64)44(2)3/h7-8,10-16,18-25,27-28,31,33,35,44-57,59-61,68-77,79H,9,17,26,29-30,32,34,36-43,64H2,1-6H3,(H,81,82,83)(H3,65,66,67,80). The number of nitrogens with zero attached hydrogens (tertiary/aromatic N) is 1. The Hall–Kier alpha value is -4.86. The van der Waals surface area contributed by atoms with Crippen molar-refractivity contribution in [3.63, 3.8) is 0 Å². The maximum atomic E-state index is 13.1. The molecule has 85 heavy (non-hydrogen) atoms. The van der Waals surface area contributed by atoms with Gasteiger partial charge in [-0.2, -0.15) is 8.42 Å². The molecule has 0 aliphatic rings. The van der Waals surface area contributed by atoms with Crippen LogP contribution in [-0.4, -0.2) is 173 Å². The first kappa shape index (κ1) is 80.1. The molecule has 0 spiro atoms. The number of nitrogens with two attached hydrogens (primary N) is 2. The Kier molecular flexibility index (Phi) is 44.5. The molecule has 0 saturated carbocycles. The lowest BCUT2D eigenvalue weighted by molar-refractivity contribution is -0.127. The molecular formula is C63H104N4O17S. The van der Waals surface area contributed by atoms with E-state index in [1.807, 2.05) is 32.1 Å². The Bertz CT molecular complexity index is 2310. The first-order valence-corrected chi connectivity index (χ1v) is 30.7. The molecule has 16 atom stereocenters. The van der Waals surface area contributed by atoms with E-state index in [-0.39, 0.29) is 88.0 Å². The zero-order valence-electron chi connectivity index (χ0n) is 50.5. The smallest absolute Gasteiger partial charge is 0.393 e. The van der Waals surface area contributed by atoms with Gasteiger partial charge in [0.25, 0.3) is 0 Å². The zero-order valence-corrected chi connectivity index (χ0v) is 51.4. The van der Waals surface area contributed by atoms with Crippen molar-refractivity contribution in [2.24, 2.45) is 40.1 Å². The van der Waals surface area contributed by atoms with Crippen LogP contribution in [0.3, 0.4) is 0 Å². The number of amides is 1. The number of Topliss-reactive ketones (excluding diaryl/α,β-unsaturated/α-hetero) is 1. The average molecular weight is 1220 g/mol. The number of allylic oxidation sites excluding steroid dienone is 13. The Balaban J connectivity index is 4.75. The number of nitrogens with one attached hydrogen (secondary N) is 1. The summed E-state index contributed by atoms with van der Waals surface area (Å²) >= 11 is 0. The molecule has 0 heterocycles. The third kappa shape index (κ3) is 43.4. The Labute approximate surface area is 505 Å². The molecule has 0 bridgehead atoms. The molecule has 16 unspecified atom stereocenters. The van der Waals surface area contributed by atoms with Crippen LogP contribution in [0.2, 0.25) is 0 Å².